The lowest BCUT2D eigenvalue weighted by Crippen LogP contribution is -2.42. The van der Waals surface area contributed by atoms with Crippen molar-refractivity contribution in [3.8, 4) is 0 Å². The second-order valence-corrected chi connectivity index (χ2v) is 4.32. The zero-order chi connectivity index (χ0) is 12.7. The highest BCUT2D eigenvalue weighted by Crippen LogP contribution is 2.02. The minimum absolute atomic E-state index is 0.257. The van der Waals surface area contributed by atoms with Gasteiger partial charge in [-0.05, 0) is 14.1 Å². The molecule has 92 valence electrons. The molecule has 7 nitrogen and oxygen atoms in total. The SMILES string of the molecule is CN(C)Cn1c(=O)c2c(ncn2C)n(C)c1=O. The van der Waals surface area contributed by atoms with Gasteiger partial charge >= 0.3 is 5.69 Å². The van der Waals surface area contributed by atoms with Crippen LogP contribution in [0.1, 0.15) is 0 Å². The van der Waals surface area contributed by atoms with Crippen LogP contribution in [0.4, 0.5) is 0 Å². The van der Waals surface area contributed by atoms with Crippen molar-refractivity contribution in [1.82, 2.24) is 23.6 Å². The summed E-state index contributed by atoms with van der Waals surface area (Å²) in [6, 6.07) is 0. The lowest BCUT2D eigenvalue weighted by molar-refractivity contribution is 0.311. The number of imidazole rings is 1. The van der Waals surface area contributed by atoms with Crippen LogP contribution in [0.2, 0.25) is 0 Å². The molecule has 0 aliphatic carbocycles. The van der Waals surface area contributed by atoms with Gasteiger partial charge in [0.25, 0.3) is 5.56 Å². The highest BCUT2D eigenvalue weighted by Gasteiger charge is 2.14. The fourth-order valence-corrected chi connectivity index (χ4v) is 1.80. The molecule has 0 unspecified atom stereocenters. The molecule has 0 bridgehead atoms. The van der Waals surface area contributed by atoms with Crippen LogP contribution in [0.15, 0.2) is 15.9 Å². The second-order valence-electron chi connectivity index (χ2n) is 4.32. The molecule has 0 saturated carbocycles. The summed E-state index contributed by atoms with van der Waals surface area (Å²) in [6.07, 6.45) is 1.53. The maximum atomic E-state index is 12.2. The Labute approximate surface area is 97.5 Å². The predicted molar refractivity (Wildman–Crippen MR) is 63.9 cm³/mol. The minimum atomic E-state index is -0.352. The molecular weight excluding hydrogens is 222 g/mol. The van der Waals surface area contributed by atoms with Crippen LogP contribution in [-0.2, 0) is 20.8 Å². The zero-order valence-corrected chi connectivity index (χ0v) is 10.3. The first kappa shape index (κ1) is 11.6. The molecule has 0 aliphatic rings. The Morgan fingerprint density at radius 1 is 1.29 bits per heavy atom. The van der Waals surface area contributed by atoms with Crippen LogP contribution in [0.3, 0.4) is 0 Å². The second kappa shape index (κ2) is 3.85. The summed E-state index contributed by atoms with van der Waals surface area (Å²) in [6.45, 7) is 0.257. The first-order valence-electron chi connectivity index (χ1n) is 5.19. The van der Waals surface area contributed by atoms with Gasteiger partial charge in [0.15, 0.2) is 11.2 Å². The summed E-state index contributed by atoms with van der Waals surface area (Å²) in [5.41, 5.74) is 0.193. The van der Waals surface area contributed by atoms with E-state index in [2.05, 4.69) is 4.98 Å². The Hall–Kier alpha value is -1.89. The third-order valence-corrected chi connectivity index (χ3v) is 2.63. The van der Waals surface area contributed by atoms with Gasteiger partial charge in [-0.1, -0.05) is 0 Å². The van der Waals surface area contributed by atoms with E-state index in [1.165, 1.54) is 15.5 Å². The molecule has 0 atom stereocenters. The maximum absolute atomic E-state index is 12.2. The number of aryl methyl sites for hydroxylation is 2. The monoisotopic (exact) mass is 237 g/mol. The summed E-state index contributed by atoms with van der Waals surface area (Å²) in [4.78, 5) is 30.0. The van der Waals surface area contributed by atoms with Gasteiger partial charge in [0.2, 0.25) is 0 Å². The molecular formula is C10H15N5O2. The maximum Gasteiger partial charge on any atom is 0.333 e. The van der Waals surface area contributed by atoms with Gasteiger partial charge in [0.05, 0.1) is 13.0 Å². The molecule has 0 fully saturated rings. The van der Waals surface area contributed by atoms with Gasteiger partial charge < -0.3 is 4.57 Å². The van der Waals surface area contributed by atoms with Crippen molar-refractivity contribution in [2.75, 3.05) is 14.1 Å². The van der Waals surface area contributed by atoms with Gasteiger partial charge in [-0.25, -0.2) is 14.3 Å². The number of hydrogen-bond donors (Lipinski definition) is 0. The first-order chi connectivity index (χ1) is 7.93. The van der Waals surface area contributed by atoms with E-state index >= 15 is 0 Å². The molecule has 2 aromatic rings. The fourth-order valence-electron chi connectivity index (χ4n) is 1.80. The van der Waals surface area contributed by atoms with Crippen molar-refractivity contribution >= 4 is 11.2 Å². The van der Waals surface area contributed by atoms with Crippen molar-refractivity contribution in [1.29, 1.82) is 0 Å². The molecule has 0 N–H and O–H groups in total. The minimum Gasteiger partial charge on any atom is -0.328 e. The topological polar surface area (TPSA) is 65.1 Å². The van der Waals surface area contributed by atoms with E-state index in [1.54, 1.807) is 37.7 Å². The summed E-state index contributed by atoms with van der Waals surface area (Å²) >= 11 is 0. The molecule has 7 heteroatoms. The predicted octanol–water partition coefficient (Wildman–Crippen LogP) is -1.05. The average Bonchev–Trinajstić information content (AvgIpc) is 2.63. The van der Waals surface area contributed by atoms with Crippen molar-refractivity contribution < 1.29 is 0 Å². The lowest BCUT2D eigenvalue weighted by Gasteiger charge is -2.13. The number of aromatic nitrogens is 4. The largest absolute Gasteiger partial charge is 0.333 e. The van der Waals surface area contributed by atoms with E-state index in [0.29, 0.717) is 11.2 Å². The van der Waals surface area contributed by atoms with E-state index in [-0.39, 0.29) is 17.9 Å². The van der Waals surface area contributed by atoms with E-state index in [4.69, 9.17) is 0 Å². The number of hydrogen-bond acceptors (Lipinski definition) is 4. The molecule has 2 rings (SSSR count). The Morgan fingerprint density at radius 3 is 2.53 bits per heavy atom. The van der Waals surface area contributed by atoms with Gasteiger partial charge in [-0.2, -0.15) is 0 Å². The van der Waals surface area contributed by atoms with E-state index in [1.807, 2.05) is 0 Å². The van der Waals surface area contributed by atoms with Crippen LogP contribution in [-0.4, -0.2) is 37.7 Å². The Morgan fingerprint density at radius 2 is 1.94 bits per heavy atom. The molecule has 0 spiro atoms. The zero-order valence-electron chi connectivity index (χ0n) is 10.3. The van der Waals surface area contributed by atoms with Gasteiger partial charge in [-0.3, -0.25) is 14.3 Å². The quantitative estimate of drug-likeness (QED) is 0.668. The third-order valence-electron chi connectivity index (χ3n) is 2.63. The molecule has 0 amide bonds. The van der Waals surface area contributed by atoms with Gasteiger partial charge in [-0.15, -0.1) is 0 Å². The van der Waals surface area contributed by atoms with E-state index in [0.717, 1.165) is 0 Å². The number of nitrogens with zero attached hydrogens (tertiary/aromatic N) is 5. The summed E-state index contributed by atoms with van der Waals surface area (Å²) in [7, 11) is 6.96. The van der Waals surface area contributed by atoms with Crippen molar-refractivity contribution in [3.05, 3.63) is 27.2 Å². The molecule has 17 heavy (non-hydrogen) atoms. The summed E-state index contributed by atoms with van der Waals surface area (Å²) in [5, 5.41) is 0. The van der Waals surface area contributed by atoms with Crippen molar-refractivity contribution in [3.63, 3.8) is 0 Å². The molecule has 0 saturated heterocycles. The van der Waals surface area contributed by atoms with Crippen LogP contribution in [0.5, 0.6) is 0 Å². The lowest BCUT2D eigenvalue weighted by atomic mass is 10.5. The molecule has 0 radical (unpaired) electrons. The first-order valence-corrected chi connectivity index (χ1v) is 5.19. The van der Waals surface area contributed by atoms with E-state index in [9.17, 15) is 9.59 Å². The normalized spacial score (nSPS) is 11.6. The molecule has 2 heterocycles. The van der Waals surface area contributed by atoms with Gasteiger partial charge in [0, 0.05) is 14.1 Å². The molecule has 0 aromatic carbocycles. The Bertz CT molecular complexity index is 676. The number of fused-ring (bicyclic) bond motifs is 1. The van der Waals surface area contributed by atoms with Crippen LogP contribution < -0.4 is 11.2 Å². The van der Waals surface area contributed by atoms with E-state index < -0.39 is 0 Å². The molecule has 0 aliphatic heterocycles. The summed E-state index contributed by atoms with van der Waals surface area (Å²) in [5.74, 6) is 0. The average molecular weight is 237 g/mol. The van der Waals surface area contributed by atoms with Crippen molar-refractivity contribution in [2.45, 2.75) is 6.67 Å². The van der Waals surface area contributed by atoms with Crippen LogP contribution in [0.25, 0.3) is 11.2 Å². The molecule has 2 aromatic heterocycles. The standard InChI is InChI=1S/C10H15N5O2/c1-12(2)6-15-9(16)7-8(11-5-13(7)3)14(4)10(15)17/h5H,6H2,1-4H3. The van der Waals surface area contributed by atoms with Crippen molar-refractivity contribution in [2.24, 2.45) is 14.1 Å². The van der Waals surface area contributed by atoms with Gasteiger partial charge in [0.1, 0.15) is 0 Å². The fraction of sp³-hybridized carbons (Fsp3) is 0.500. The highest BCUT2D eigenvalue weighted by molar-refractivity contribution is 5.69. The van der Waals surface area contributed by atoms with Crippen LogP contribution >= 0.6 is 0 Å². The Balaban J connectivity index is 2.90. The summed E-state index contributed by atoms with van der Waals surface area (Å²) < 4.78 is 4.22. The smallest absolute Gasteiger partial charge is 0.328 e. The highest BCUT2D eigenvalue weighted by atomic mass is 16.2. The third kappa shape index (κ3) is 1.68. The Kier molecular flexibility index (Phi) is 2.62. The number of rotatable bonds is 2. The van der Waals surface area contributed by atoms with Crippen LogP contribution in [0, 0.1) is 0 Å².